The number of aryl methyl sites for hydroxylation is 2. The normalized spacial score (nSPS) is 13.1. The molecule has 5 aromatic rings. The first kappa shape index (κ1) is 25.9. The van der Waals surface area contributed by atoms with Gasteiger partial charge in [0.2, 0.25) is 11.1 Å². The quantitative estimate of drug-likeness (QED) is 0.235. The average Bonchev–Trinajstić information content (AvgIpc) is 3.21. The number of nitrogens with zero attached hydrogens (tertiary/aromatic N) is 4. The van der Waals surface area contributed by atoms with Crippen LogP contribution >= 0.6 is 11.8 Å². The molecule has 0 saturated carbocycles. The van der Waals surface area contributed by atoms with Crippen LogP contribution in [-0.2, 0) is 17.8 Å². The lowest BCUT2D eigenvalue weighted by Crippen LogP contribution is -2.38. The van der Waals surface area contributed by atoms with E-state index >= 15 is 0 Å². The number of amides is 1. The fraction of sp³-hybridized carbons (Fsp3) is 0.267. The highest BCUT2D eigenvalue weighted by molar-refractivity contribution is 8.00. The average molecular weight is 528 g/mol. The minimum atomic E-state index is -0.403. The highest BCUT2D eigenvalue weighted by Crippen LogP contribution is 2.30. The third-order valence-electron chi connectivity index (χ3n) is 6.64. The maximum absolute atomic E-state index is 14.5. The Kier molecular flexibility index (Phi) is 7.69. The Labute approximate surface area is 225 Å². The predicted molar refractivity (Wildman–Crippen MR) is 151 cm³/mol. The van der Waals surface area contributed by atoms with Crippen molar-refractivity contribution in [3.63, 3.8) is 0 Å². The Balaban J connectivity index is 1.35. The molecule has 0 fully saturated rings. The zero-order valence-electron chi connectivity index (χ0n) is 21.7. The molecular formula is C30H30FN5OS. The Hall–Kier alpha value is -3.78. The SMILES string of the molecule is Cc1ccc2c(c1)c1nnc(SC(C)C(=O)NC(C)CCc3ccccc3)nc1n2Cc1ccccc1F. The van der Waals surface area contributed by atoms with Crippen molar-refractivity contribution in [2.75, 3.05) is 0 Å². The number of fused-ring (bicyclic) bond motifs is 3. The van der Waals surface area contributed by atoms with E-state index in [2.05, 4.69) is 27.6 Å². The van der Waals surface area contributed by atoms with E-state index in [-0.39, 0.29) is 17.8 Å². The summed E-state index contributed by atoms with van der Waals surface area (Å²) in [5.74, 6) is -0.334. The van der Waals surface area contributed by atoms with E-state index in [1.165, 1.54) is 23.4 Å². The van der Waals surface area contributed by atoms with Crippen molar-refractivity contribution in [3.8, 4) is 0 Å². The topological polar surface area (TPSA) is 72.7 Å². The summed E-state index contributed by atoms with van der Waals surface area (Å²) in [6.45, 7) is 6.19. The van der Waals surface area contributed by atoms with Gasteiger partial charge >= 0.3 is 0 Å². The van der Waals surface area contributed by atoms with E-state index in [4.69, 9.17) is 4.98 Å². The molecule has 0 spiro atoms. The van der Waals surface area contributed by atoms with Crippen LogP contribution in [-0.4, -0.2) is 36.9 Å². The number of hydrogen-bond acceptors (Lipinski definition) is 5. The summed E-state index contributed by atoms with van der Waals surface area (Å²) in [6, 6.07) is 23.1. The maximum Gasteiger partial charge on any atom is 0.233 e. The second-order valence-corrected chi connectivity index (χ2v) is 11.0. The summed E-state index contributed by atoms with van der Waals surface area (Å²) in [4.78, 5) is 17.7. The van der Waals surface area contributed by atoms with Gasteiger partial charge in [-0.1, -0.05) is 71.9 Å². The summed E-state index contributed by atoms with van der Waals surface area (Å²) >= 11 is 1.27. The molecule has 5 rings (SSSR count). The van der Waals surface area contributed by atoms with Crippen LogP contribution < -0.4 is 5.32 Å². The number of thioether (sulfide) groups is 1. The molecule has 0 aliphatic rings. The number of aromatic nitrogens is 4. The van der Waals surface area contributed by atoms with Gasteiger partial charge in [-0.25, -0.2) is 9.37 Å². The predicted octanol–water partition coefficient (Wildman–Crippen LogP) is 6.09. The van der Waals surface area contributed by atoms with Crippen LogP contribution in [0.15, 0.2) is 78.0 Å². The number of nitrogens with one attached hydrogen (secondary N) is 1. The number of hydrogen-bond donors (Lipinski definition) is 1. The summed E-state index contributed by atoms with van der Waals surface area (Å²) in [6.07, 6.45) is 1.76. The van der Waals surface area contributed by atoms with Crippen LogP contribution in [0.4, 0.5) is 4.39 Å². The molecule has 1 N–H and O–H groups in total. The molecule has 3 aromatic carbocycles. The van der Waals surface area contributed by atoms with E-state index in [9.17, 15) is 9.18 Å². The molecule has 2 aromatic heterocycles. The standard InChI is InChI=1S/C30H30FN5OS/c1-19-13-16-26-24(17-19)27-28(36(26)18-23-11-7-8-12-25(23)31)33-30(35-34-27)38-21(3)29(37)32-20(2)14-15-22-9-5-4-6-10-22/h4-13,16-17,20-21H,14-15,18H2,1-3H3,(H,32,37). The Bertz CT molecular complexity index is 1590. The van der Waals surface area contributed by atoms with E-state index in [1.807, 2.05) is 67.8 Å². The fourth-order valence-corrected chi connectivity index (χ4v) is 5.25. The second-order valence-electron chi connectivity index (χ2n) is 9.66. The lowest BCUT2D eigenvalue weighted by molar-refractivity contribution is -0.120. The van der Waals surface area contributed by atoms with Crippen LogP contribution in [0.3, 0.4) is 0 Å². The number of rotatable bonds is 9. The first-order chi connectivity index (χ1) is 18.4. The Morgan fingerprint density at radius 1 is 1.03 bits per heavy atom. The summed E-state index contributed by atoms with van der Waals surface area (Å²) in [5.41, 5.74) is 5.11. The van der Waals surface area contributed by atoms with Gasteiger partial charge in [-0.05, 0) is 57.4 Å². The third kappa shape index (κ3) is 5.70. The van der Waals surface area contributed by atoms with Crippen molar-refractivity contribution < 1.29 is 9.18 Å². The molecule has 0 bridgehead atoms. The fourth-order valence-electron chi connectivity index (χ4n) is 4.53. The van der Waals surface area contributed by atoms with Crippen molar-refractivity contribution in [3.05, 3.63) is 95.3 Å². The van der Waals surface area contributed by atoms with Crippen LogP contribution in [0.5, 0.6) is 0 Å². The molecule has 0 radical (unpaired) electrons. The monoisotopic (exact) mass is 527 g/mol. The first-order valence-electron chi connectivity index (χ1n) is 12.8. The van der Waals surface area contributed by atoms with Crippen LogP contribution in [0.1, 0.15) is 37.0 Å². The molecule has 0 aliphatic carbocycles. The Morgan fingerprint density at radius 3 is 2.58 bits per heavy atom. The number of carbonyl (C=O) groups is 1. The van der Waals surface area contributed by atoms with Gasteiger partial charge in [0.15, 0.2) is 5.65 Å². The summed E-state index contributed by atoms with van der Waals surface area (Å²) < 4.78 is 16.5. The Morgan fingerprint density at radius 2 is 1.79 bits per heavy atom. The molecule has 1 amide bonds. The second kappa shape index (κ2) is 11.3. The smallest absolute Gasteiger partial charge is 0.233 e. The molecule has 38 heavy (non-hydrogen) atoms. The highest BCUT2D eigenvalue weighted by atomic mass is 32.2. The van der Waals surface area contributed by atoms with Crippen molar-refractivity contribution >= 4 is 39.7 Å². The van der Waals surface area contributed by atoms with Gasteiger partial charge in [-0.2, -0.15) is 0 Å². The number of carbonyl (C=O) groups excluding carboxylic acids is 1. The van der Waals surface area contributed by atoms with E-state index in [0.29, 0.717) is 28.4 Å². The van der Waals surface area contributed by atoms with Gasteiger partial charge < -0.3 is 9.88 Å². The molecule has 2 heterocycles. The van der Waals surface area contributed by atoms with Gasteiger partial charge in [0.25, 0.3) is 0 Å². The zero-order valence-corrected chi connectivity index (χ0v) is 22.5. The summed E-state index contributed by atoms with van der Waals surface area (Å²) in [5, 5.41) is 12.9. The lowest BCUT2D eigenvalue weighted by Gasteiger charge is -2.17. The molecule has 2 atom stereocenters. The van der Waals surface area contributed by atoms with Crippen LogP contribution in [0, 0.1) is 12.7 Å². The van der Waals surface area contributed by atoms with Gasteiger partial charge in [0, 0.05) is 17.0 Å². The van der Waals surface area contributed by atoms with E-state index < -0.39 is 5.25 Å². The molecule has 194 valence electrons. The van der Waals surface area contributed by atoms with Gasteiger partial charge in [0.1, 0.15) is 11.3 Å². The van der Waals surface area contributed by atoms with Crippen molar-refractivity contribution in [2.45, 2.75) is 56.6 Å². The lowest BCUT2D eigenvalue weighted by atomic mass is 10.1. The van der Waals surface area contributed by atoms with Crippen molar-refractivity contribution in [1.82, 2.24) is 25.1 Å². The van der Waals surface area contributed by atoms with Gasteiger partial charge in [0.05, 0.1) is 17.3 Å². The van der Waals surface area contributed by atoms with Gasteiger partial charge in [-0.3, -0.25) is 4.79 Å². The minimum absolute atomic E-state index is 0.0406. The third-order valence-corrected chi connectivity index (χ3v) is 7.59. The van der Waals surface area contributed by atoms with Crippen molar-refractivity contribution in [2.24, 2.45) is 0 Å². The van der Waals surface area contributed by atoms with Crippen LogP contribution in [0.25, 0.3) is 22.1 Å². The molecule has 0 saturated heterocycles. The first-order valence-corrected chi connectivity index (χ1v) is 13.6. The molecule has 0 aliphatic heterocycles. The van der Waals surface area contributed by atoms with Crippen molar-refractivity contribution in [1.29, 1.82) is 0 Å². The van der Waals surface area contributed by atoms with E-state index in [0.717, 1.165) is 29.3 Å². The molecule has 8 heteroatoms. The summed E-state index contributed by atoms with van der Waals surface area (Å²) in [7, 11) is 0. The minimum Gasteiger partial charge on any atom is -0.353 e. The maximum atomic E-state index is 14.5. The molecular weight excluding hydrogens is 497 g/mol. The molecule has 6 nitrogen and oxygen atoms in total. The van der Waals surface area contributed by atoms with E-state index in [1.54, 1.807) is 12.1 Å². The van der Waals surface area contributed by atoms with Crippen LogP contribution in [0.2, 0.25) is 0 Å². The number of benzene rings is 3. The zero-order chi connectivity index (χ0) is 26.6. The number of halogens is 1. The largest absolute Gasteiger partial charge is 0.353 e. The highest BCUT2D eigenvalue weighted by Gasteiger charge is 2.21. The van der Waals surface area contributed by atoms with Gasteiger partial charge in [-0.15, -0.1) is 10.2 Å². The molecule has 2 unspecified atom stereocenters.